The minimum atomic E-state index is 0.275. The molecule has 0 aliphatic heterocycles. The minimum absolute atomic E-state index is 0.275. The predicted molar refractivity (Wildman–Crippen MR) is 59.4 cm³/mol. The molecule has 0 amide bonds. The highest BCUT2D eigenvalue weighted by atomic mass is 15.0. The van der Waals surface area contributed by atoms with E-state index in [1.54, 1.807) is 6.33 Å². The van der Waals surface area contributed by atoms with Crippen LogP contribution in [0.3, 0.4) is 0 Å². The Morgan fingerprint density at radius 2 is 2.00 bits per heavy atom. The van der Waals surface area contributed by atoms with Gasteiger partial charge < -0.3 is 5.32 Å². The van der Waals surface area contributed by atoms with E-state index in [1.165, 1.54) is 0 Å². The summed E-state index contributed by atoms with van der Waals surface area (Å²) in [6, 6.07) is 2.01. The summed E-state index contributed by atoms with van der Waals surface area (Å²) < 4.78 is 0. The van der Waals surface area contributed by atoms with E-state index in [1.807, 2.05) is 6.07 Å². The van der Waals surface area contributed by atoms with Gasteiger partial charge in [0.15, 0.2) is 0 Å². The first kappa shape index (κ1) is 11.0. The van der Waals surface area contributed by atoms with Gasteiger partial charge in [-0.15, -0.1) is 0 Å². The van der Waals surface area contributed by atoms with Crippen LogP contribution in [-0.4, -0.2) is 16.5 Å². The smallest absolute Gasteiger partial charge is 0.129 e. The third kappa shape index (κ3) is 3.73. The van der Waals surface area contributed by atoms with Crippen LogP contribution in [-0.2, 0) is 6.42 Å². The maximum atomic E-state index is 4.17. The Morgan fingerprint density at radius 3 is 2.57 bits per heavy atom. The molecule has 1 heterocycles. The van der Waals surface area contributed by atoms with Gasteiger partial charge in [0.2, 0.25) is 0 Å². The van der Waals surface area contributed by atoms with Gasteiger partial charge in [-0.25, -0.2) is 9.97 Å². The average Bonchev–Trinajstić information content (AvgIpc) is 2.14. The Morgan fingerprint density at radius 1 is 1.29 bits per heavy atom. The van der Waals surface area contributed by atoms with Gasteiger partial charge in [0, 0.05) is 18.3 Å². The van der Waals surface area contributed by atoms with Gasteiger partial charge in [-0.2, -0.15) is 0 Å². The van der Waals surface area contributed by atoms with Crippen molar-refractivity contribution in [2.24, 2.45) is 5.41 Å². The summed E-state index contributed by atoms with van der Waals surface area (Å²) in [6.07, 6.45) is 2.57. The standard InChI is InChI=1S/C11H19N3/c1-5-9-6-10(14-8-13-9)12-7-11(2,3)4/h6,8H,5,7H2,1-4H3,(H,12,13,14). The number of anilines is 1. The van der Waals surface area contributed by atoms with E-state index in [0.29, 0.717) is 0 Å². The number of nitrogens with zero attached hydrogens (tertiary/aromatic N) is 2. The molecule has 3 heteroatoms. The van der Waals surface area contributed by atoms with Crippen LogP contribution < -0.4 is 5.32 Å². The lowest BCUT2D eigenvalue weighted by atomic mass is 9.97. The number of hydrogen-bond donors (Lipinski definition) is 1. The van der Waals surface area contributed by atoms with Crippen LogP contribution in [0.4, 0.5) is 5.82 Å². The van der Waals surface area contributed by atoms with Gasteiger partial charge in [-0.05, 0) is 11.8 Å². The first-order valence-corrected chi connectivity index (χ1v) is 5.06. The molecule has 0 bridgehead atoms. The van der Waals surface area contributed by atoms with Crippen LogP contribution in [0.2, 0.25) is 0 Å². The highest BCUT2D eigenvalue weighted by Gasteiger charge is 2.09. The van der Waals surface area contributed by atoms with E-state index in [4.69, 9.17) is 0 Å². The molecule has 1 aromatic rings. The van der Waals surface area contributed by atoms with Crippen LogP contribution >= 0.6 is 0 Å². The molecule has 0 saturated heterocycles. The van der Waals surface area contributed by atoms with Crippen molar-refractivity contribution in [3.8, 4) is 0 Å². The van der Waals surface area contributed by atoms with E-state index in [9.17, 15) is 0 Å². The monoisotopic (exact) mass is 193 g/mol. The molecule has 0 saturated carbocycles. The van der Waals surface area contributed by atoms with Crippen molar-refractivity contribution in [1.82, 2.24) is 9.97 Å². The molecular formula is C11H19N3. The van der Waals surface area contributed by atoms with Gasteiger partial charge in [0.05, 0.1) is 0 Å². The molecule has 1 rings (SSSR count). The first-order chi connectivity index (χ1) is 6.51. The fourth-order valence-corrected chi connectivity index (χ4v) is 1.04. The van der Waals surface area contributed by atoms with Gasteiger partial charge in [0.25, 0.3) is 0 Å². The van der Waals surface area contributed by atoms with Crippen molar-refractivity contribution < 1.29 is 0 Å². The second-order valence-corrected chi connectivity index (χ2v) is 4.66. The van der Waals surface area contributed by atoms with Crippen LogP contribution in [0.25, 0.3) is 0 Å². The molecule has 0 aromatic carbocycles. The van der Waals surface area contributed by atoms with Crippen molar-refractivity contribution in [2.45, 2.75) is 34.1 Å². The van der Waals surface area contributed by atoms with Crippen molar-refractivity contribution in [3.05, 3.63) is 18.1 Å². The molecule has 0 radical (unpaired) electrons. The summed E-state index contributed by atoms with van der Waals surface area (Å²) in [5.74, 6) is 0.923. The Labute approximate surface area is 86.0 Å². The molecule has 0 atom stereocenters. The molecule has 14 heavy (non-hydrogen) atoms. The number of aromatic nitrogens is 2. The maximum Gasteiger partial charge on any atom is 0.129 e. The second-order valence-electron chi connectivity index (χ2n) is 4.66. The van der Waals surface area contributed by atoms with E-state index in [2.05, 4.69) is 43.0 Å². The number of hydrogen-bond acceptors (Lipinski definition) is 3. The van der Waals surface area contributed by atoms with E-state index >= 15 is 0 Å². The normalized spacial score (nSPS) is 11.4. The number of aryl methyl sites for hydroxylation is 1. The fraction of sp³-hybridized carbons (Fsp3) is 0.636. The Kier molecular flexibility index (Phi) is 3.44. The van der Waals surface area contributed by atoms with Gasteiger partial charge in [0.1, 0.15) is 12.1 Å². The Hall–Kier alpha value is -1.12. The summed E-state index contributed by atoms with van der Waals surface area (Å²) >= 11 is 0. The largest absolute Gasteiger partial charge is 0.369 e. The zero-order valence-corrected chi connectivity index (χ0v) is 9.46. The highest BCUT2D eigenvalue weighted by molar-refractivity contribution is 5.34. The highest BCUT2D eigenvalue weighted by Crippen LogP contribution is 2.14. The first-order valence-electron chi connectivity index (χ1n) is 5.06. The Balaban J connectivity index is 2.59. The lowest BCUT2D eigenvalue weighted by Crippen LogP contribution is -2.19. The lowest BCUT2D eigenvalue weighted by Gasteiger charge is -2.19. The quantitative estimate of drug-likeness (QED) is 0.801. The molecule has 0 spiro atoms. The van der Waals surface area contributed by atoms with Crippen LogP contribution in [0.15, 0.2) is 12.4 Å². The lowest BCUT2D eigenvalue weighted by molar-refractivity contribution is 0.442. The van der Waals surface area contributed by atoms with E-state index in [0.717, 1.165) is 24.5 Å². The summed E-state index contributed by atoms with van der Waals surface area (Å²) in [4.78, 5) is 8.32. The zero-order chi connectivity index (χ0) is 10.6. The molecule has 1 aromatic heterocycles. The topological polar surface area (TPSA) is 37.8 Å². The van der Waals surface area contributed by atoms with E-state index < -0.39 is 0 Å². The second kappa shape index (κ2) is 4.40. The van der Waals surface area contributed by atoms with Crippen molar-refractivity contribution in [1.29, 1.82) is 0 Å². The third-order valence-electron chi connectivity index (χ3n) is 1.89. The van der Waals surface area contributed by atoms with Crippen LogP contribution in [0.5, 0.6) is 0 Å². The Bertz CT molecular complexity index is 289. The zero-order valence-electron chi connectivity index (χ0n) is 9.46. The molecule has 0 aliphatic carbocycles. The van der Waals surface area contributed by atoms with Crippen LogP contribution in [0.1, 0.15) is 33.4 Å². The summed E-state index contributed by atoms with van der Waals surface area (Å²) in [6.45, 7) is 9.61. The van der Waals surface area contributed by atoms with Crippen molar-refractivity contribution in [3.63, 3.8) is 0 Å². The fourth-order valence-electron chi connectivity index (χ4n) is 1.04. The molecule has 78 valence electrons. The maximum absolute atomic E-state index is 4.17. The molecule has 0 unspecified atom stereocenters. The number of nitrogens with one attached hydrogen (secondary N) is 1. The third-order valence-corrected chi connectivity index (χ3v) is 1.89. The minimum Gasteiger partial charge on any atom is -0.369 e. The molecule has 3 nitrogen and oxygen atoms in total. The van der Waals surface area contributed by atoms with E-state index in [-0.39, 0.29) is 5.41 Å². The number of rotatable bonds is 3. The molecule has 1 N–H and O–H groups in total. The van der Waals surface area contributed by atoms with Crippen molar-refractivity contribution >= 4 is 5.82 Å². The predicted octanol–water partition coefficient (Wildman–Crippen LogP) is 2.50. The average molecular weight is 193 g/mol. The van der Waals surface area contributed by atoms with Gasteiger partial charge >= 0.3 is 0 Å². The molecule has 0 aliphatic rings. The van der Waals surface area contributed by atoms with Gasteiger partial charge in [-0.1, -0.05) is 27.7 Å². The summed E-state index contributed by atoms with van der Waals surface area (Å²) in [7, 11) is 0. The molecule has 0 fully saturated rings. The van der Waals surface area contributed by atoms with Crippen molar-refractivity contribution in [2.75, 3.05) is 11.9 Å². The SMILES string of the molecule is CCc1cc(NCC(C)(C)C)ncn1. The molecular weight excluding hydrogens is 174 g/mol. The summed E-state index contributed by atoms with van der Waals surface area (Å²) in [5, 5.41) is 3.31. The summed E-state index contributed by atoms with van der Waals surface area (Å²) in [5.41, 5.74) is 1.36. The van der Waals surface area contributed by atoms with Gasteiger partial charge in [-0.3, -0.25) is 0 Å². The van der Waals surface area contributed by atoms with Crippen LogP contribution in [0, 0.1) is 5.41 Å².